The Morgan fingerprint density at radius 3 is 2.82 bits per heavy atom. The number of aryl methyl sites for hydroxylation is 1. The molecule has 0 radical (unpaired) electrons. The minimum atomic E-state index is -0.111. The summed E-state index contributed by atoms with van der Waals surface area (Å²) in [5.41, 5.74) is 1.53. The number of hydrogen-bond donors (Lipinski definition) is 1. The lowest BCUT2D eigenvalue weighted by Crippen LogP contribution is -2.31. The van der Waals surface area contributed by atoms with Crippen LogP contribution < -0.4 is 5.32 Å². The number of hydrogen-bond acceptors (Lipinski definition) is 3. The summed E-state index contributed by atoms with van der Waals surface area (Å²) >= 11 is 3.41. The predicted molar refractivity (Wildman–Crippen MR) is 87.9 cm³/mol. The number of halogens is 1. The minimum absolute atomic E-state index is 0.111. The van der Waals surface area contributed by atoms with Crippen LogP contribution in [0, 0.1) is 6.92 Å². The molecule has 1 aliphatic rings. The molecule has 2 heterocycles. The van der Waals surface area contributed by atoms with E-state index in [4.69, 9.17) is 9.15 Å². The molecule has 0 saturated carbocycles. The molecule has 22 heavy (non-hydrogen) atoms. The number of benzene rings is 1. The van der Waals surface area contributed by atoms with Gasteiger partial charge in [0.05, 0.1) is 11.7 Å². The fourth-order valence-corrected chi connectivity index (χ4v) is 2.84. The lowest BCUT2D eigenvalue weighted by atomic mass is 10.1. The lowest BCUT2D eigenvalue weighted by molar-refractivity contribution is 0.0856. The molecule has 1 N–H and O–H groups in total. The Labute approximate surface area is 138 Å². The highest BCUT2D eigenvalue weighted by Gasteiger charge is 2.19. The van der Waals surface area contributed by atoms with Crippen LogP contribution in [0.5, 0.6) is 0 Å². The van der Waals surface area contributed by atoms with Crippen LogP contribution in [0.1, 0.15) is 29.0 Å². The molecule has 3 rings (SSSR count). The van der Waals surface area contributed by atoms with Crippen molar-refractivity contribution in [2.45, 2.75) is 25.9 Å². The molecule has 1 aromatic carbocycles. The van der Waals surface area contributed by atoms with Crippen molar-refractivity contribution in [1.29, 1.82) is 0 Å². The second-order valence-electron chi connectivity index (χ2n) is 5.43. The fourth-order valence-electron chi connectivity index (χ4n) is 2.57. The molecule has 1 amide bonds. The van der Waals surface area contributed by atoms with Crippen molar-refractivity contribution in [3.05, 3.63) is 46.1 Å². The Hall–Kier alpha value is -1.59. The maximum Gasteiger partial charge on any atom is 0.254 e. The second kappa shape index (κ2) is 6.67. The zero-order chi connectivity index (χ0) is 15.5. The van der Waals surface area contributed by atoms with Gasteiger partial charge in [-0.3, -0.25) is 4.79 Å². The lowest BCUT2D eigenvalue weighted by Gasteiger charge is -2.10. The Morgan fingerprint density at radius 2 is 2.14 bits per heavy atom. The molecule has 116 valence electrons. The molecular formula is C17H18BrNO3. The Kier molecular flexibility index (Phi) is 4.64. The molecule has 0 aliphatic carbocycles. The van der Waals surface area contributed by atoms with Gasteiger partial charge in [0.25, 0.3) is 5.91 Å². The number of rotatable bonds is 4. The van der Waals surface area contributed by atoms with Crippen LogP contribution >= 0.6 is 15.9 Å². The van der Waals surface area contributed by atoms with E-state index in [0.717, 1.165) is 29.5 Å². The molecule has 1 atom stereocenters. The highest BCUT2D eigenvalue weighted by atomic mass is 79.9. The van der Waals surface area contributed by atoms with E-state index in [-0.39, 0.29) is 12.0 Å². The van der Waals surface area contributed by atoms with E-state index >= 15 is 0 Å². The normalized spacial score (nSPS) is 17.6. The quantitative estimate of drug-likeness (QED) is 0.895. The van der Waals surface area contributed by atoms with Gasteiger partial charge < -0.3 is 14.5 Å². The van der Waals surface area contributed by atoms with Crippen LogP contribution in [0.4, 0.5) is 0 Å². The van der Waals surface area contributed by atoms with Crippen molar-refractivity contribution in [3.63, 3.8) is 0 Å². The van der Waals surface area contributed by atoms with E-state index in [2.05, 4.69) is 21.2 Å². The Balaban J connectivity index is 1.71. The third kappa shape index (κ3) is 3.42. The zero-order valence-electron chi connectivity index (χ0n) is 12.4. The SMILES string of the molecule is Cc1oc(-c2ccc(Br)cc2)cc1C(=O)NCC1CCCO1. The van der Waals surface area contributed by atoms with Crippen LogP contribution in [0.3, 0.4) is 0 Å². The number of carbonyl (C=O) groups excluding carboxylic acids is 1. The van der Waals surface area contributed by atoms with Gasteiger partial charge in [-0.2, -0.15) is 0 Å². The van der Waals surface area contributed by atoms with Crippen LogP contribution in [0.15, 0.2) is 39.2 Å². The summed E-state index contributed by atoms with van der Waals surface area (Å²) in [6.45, 7) is 3.15. The van der Waals surface area contributed by atoms with Crippen molar-refractivity contribution in [2.75, 3.05) is 13.2 Å². The van der Waals surface area contributed by atoms with Gasteiger partial charge >= 0.3 is 0 Å². The van der Waals surface area contributed by atoms with Crippen molar-refractivity contribution in [1.82, 2.24) is 5.32 Å². The van der Waals surface area contributed by atoms with Crippen LogP contribution in [0.2, 0.25) is 0 Å². The molecule has 4 nitrogen and oxygen atoms in total. The van der Waals surface area contributed by atoms with E-state index in [1.165, 1.54) is 0 Å². The van der Waals surface area contributed by atoms with Gasteiger partial charge in [-0.05, 0) is 38.0 Å². The first-order valence-electron chi connectivity index (χ1n) is 7.39. The molecule has 5 heteroatoms. The summed E-state index contributed by atoms with van der Waals surface area (Å²) in [6, 6.07) is 9.60. The van der Waals surface area contributed by atoms with Crippen LogP contribution in [0.25, 0.3) is 11.3 Å². The monoisotopic (exact) mass is 363 g/mol. The third-order valence-electron chi connectivity index (χ3n) is 3.81. The molecule has 1 aromatic heterocycles. The maximum atomic E-state index is 12.3. The van der Waals surface area contributed by atoms with Crippen molar-refractivity contribution in [3.8, 4) is 11.3 Å². The minimum Gasteiger partial charge on any atom is -0.461 e. The van der Waals surface area contributed by atoms with Crippen molar-refractivity contribution >= 4 is 21.8 Å². The van der Waals surface area contributed by atoms with Crippen molar-refractivity contribution in [2.24, 2.45) is 0 Å². The number of carbonyl (C=O) groups is 1. The zero-order valence-corrected chi connectivity index (χ0v) is 14.0. The molecular weight excluding hydrogens is 346 g/mol. The van der Waals surface area contributed by atoms with E-state index in [1.807, 2.05) is 31.2 Å². The average Bonchev–Trinajstić information content (AvgIpc) is 3.15. The van der Waals surface area contributed by atoms with Gasteiger partial charge in [-0.25, -0.2) is 0 Å². The standard InChI is InChI=1S/C17H18BrNO3/c1-11-15(17(20)19-10-14-3-2-8-21-14)9-16(22-11)12-4-6-13(18)7-5-12/h4-7,9,14H,2-3,8,10H2,1H3,(H,19,20). The molecule has 0 spiro atoms. The molecule has 1 saturated heterocycles. The van der Waals surface area contributed by atoms with Gasteiger partial charge in [-0.15, -0.1) is 0 Å². The first-order chi connectivity index (χ1) is 10.6. The van der Waals surface area contributed by atoms with Gasteiger partial charge in [0.2, 0.25) is 0 Å². The second-order valence-corrected chi connectivity index (χ2v) is 6.35. The first-order valence-corrected chi connectivity index (χ1v) is 8.19. The summed E-state index contributed by atoms with van der Waals surface area (Å²) < 4.78 is 12.2. The topological polar surface area (TPSA) is 51.5 Å². The van der Waals surface area contributed by atoms with E-state index < -0.39 is 0 Å². The molecule has 1 aliphatic heterocycles. The van der Waals surface area contributed by atoms with Gasteiger partial charge in [0, 0.05) is 23.2 Å². The Bertz CT molecular complexity index is 657. The third-order valence-corrected chi connectivity index (χ3v) is 4.33. The molecule has 0 bridgehead atoms. The fraction of sp³-hybridized carbons (Fsp3) is 0.353. The van der Waals surface area contributed by atoms with Gasteiger partial charge in [0.1, 0.15) is 11.5 Å². The summed E-state index contributed by atoms with van der Waals surface area (Å²) in [5, 5.41) is 2.92. The Morgan fingerprint density at radius 1 is 1.36 bits per heavy atom. The van der Waals surface area contributed by atoms with E-state index in [9.17, 15) is 4.79 Å². The van der Waals surface area contributed by atoms with E-state index in [0.29, 0.717) is 23.6 Å². The first kappa shape index (κ1) is 15.3. The number of amides is 1. The predicted octanol–water partition coefficient (Wildman–Crippen LogP) is 3.93. The highest BCUT2D eigenvalue weighted by molar-refractivity contribution is 9.10. The highest BCUT2D eigenvalue weighted by Crippen LogP contribution is 2.26. The van der Waals surface area contributed by atoms with Crippen LogP contribution in [-0.4, -0.2) is 25.2 Å². The van der Waals surface area contributed by atoms with Gasteiger partial charge in [-0.1, -0.05) is 28.1 Å². The number of ether oxygens (including phenoxy) is 1. The summed E-state index contributed by atoms with van der Waals surface area (Å²) in [4.78, 5) is 12.3. The van der Waals surface area contributed by atoms with Gasteiger partial charge in [0.15, 0.2) is 0 Å². The van der Waals surface area contributed by atoms with Crippen LogP contribution in [-0.2, 0) is 4.74 Å². The van der Waals surface area contributed by atoms with E-state index in [1.54, 1.807) is 6.07 Å². The largest absolute Gasteiger partial charge is 0.461 e. The molecule has 1 fully saturated rings. The number of furan rings is 1. The van der Waals surface area contributed by atoms with Crippen molar-refractivity contribution < 1.29 is 13.9 Å². The average molecular weight is 364 g/mol. The molecule has 1 unspecified atom stereocenters. The summed E-state index contributed by atoms with van der Waals surface area (Å²) in [7, 11) is 0. The summed E-state index contributed by atoms with van der Waals surface area (Å²) in [5.74, 6) is 1.22. The summed E-state index contributed by atoms with van der Waals surface area (Å²) in [6.07, 6.45) is 2.22. The number of nitrogens with one attached hydrogen (secondary N) is 1. The maximum absolute atomic E-state index is 12.3. The molecule has 2 aromatic rings. The smallest absolute Gasteiger partial charge is 0.254 e.